The van der Waals surface area contributed by atoms with Crippen LogP contribution in [0.25, 0.3) is 11.1 Å². The van der Waals surface area contributed by atoms with E-state index in [2.05, 4.69) is 25.1 Å². The van der Waals surface area contributed by atoms with Gasteiger partial charge in [-0.2, -0.15) is 0 Å². The maximum atomic E-state index is 12.1. The van der Waals surface area contributed by atoms with Crippen LogP contribution in [0, 0.1) is 0 Å². The van der Waals surface area contributed by atoms with Crippen molar-refractivity contribution in [1.82, 2.24) is 0 Å². The number of carbonyl (C=O) groups excluding carboxylic acids is 1. The molecule has 0 fully saturated rings. The molecule has 1 heteroatoms. The molecule has 2 aromatic carbocycles. The maximum Gasteiger partial charge on any atom is 0.162 e. The zero-order valence-electron chi connectivity index (χ0n) is 11.4. The highest BCUT2D eigenvalue weighted by atomic mass is 16.1. The Morgan fingerprint density at radius 1 is 0.895 bits per heavy atom. The van der Waals surface area contributed by atoms with Crippen molar-refractivity contribution in [2.24, 2.45) is 0 Å². The third-order valence-electron chi connectivity index (χ3n) is 3.30. The molecule has 0 saturated heterocycles. The second-order valence-electron chi connectivity index (χ2n) is 4.83. The number of hydrogen-bond acceptors (Lipinski definition) is 1. The molecule has 0 heterocycles. The molecule has 0 aliphatic rings. The monoisotopic (exact) mass is 252 g/mol. The number of unbranched alkanes of at least 4 members (excludes halogenated alkanes) is 2. The second-order valence-corrected chi connectivity index (χ2v) is 4.83. The smallest absolute Gasteiger partial charge is 0.162 e. The Morgan fingerprint density at radius 3 is 2.37 bits per heavy atom. The summed E-state index contributed by atoms with van der Waals surface area (Å²) >= 11 is 0. The molecule has 2 rings (SSSR count). The minimum atomic E-state index is 0.256. The van der Waals surface area contributed by atoms with Gasteiger partial charge in [-0.25, -0.2) is 0 Å². The first-order valence-corrected chi connectivity index (χ1v) is 7.00. The Morgan fingerprint density at radius 2 is 1.63 bits per heavy atom. The number of rotatable bonds is 6. The highest BCUT2D eigenvalue weighted by Crippen LogP contribution is 2.21. The average molecular weight is 252 g/mol. The highest BCUT2D eigenvalue weighted by Gasteiger charge is 2.06. The molecule has 1 nitrogen and oxygen atoms in total. The van der Waals surface area contributed by atoms with Crippen molar-refractivity contribution in [3.05, 3.63) is 60.2 Å². The first kappa shape index (κ1) is 13.5. The molecule has 0 N–H and O–H groups in total. The lowest BCUT2D eigenvalue weighted by Gasteiger charge is -2.05. The molecule has 2 aromatic rings. The predicted molar refractivity (Wildman–Crippen MR) is 80.4 cm³/mol. The Bertz CT molecular complexity index is 528. The minimum Gasteiger partial charge on any atom is -0.294 e. The molecule has 19 heavy (non-hydrogen) atoms. The Balaban J connectivity index is 2.13. The predicted octanol–water partition coefficient (Wildman–Crippen LogP) is 5.12. The van der Waals surface area contributed by atoms with Gasteiger partial charge < -0.3 is 0 Å². The quantitative estimate of drug-likeness (QED) is 0.515. The van der Waals surface area contributed by atoms with E-state index in [0.29, 0.717) is 6.42 Å². The largest absolute Gasteiger partial charge is 0.294 e. The van der Waals surface area contributed by atoms with E-state index in [0.717, 1.165) is 36.0 Å². The summed E-state index contributed by atoms with van der Waals surface area (Å²) in [5, 5.41) is 0. The minimum absolute atomic E-state index is 0.256. The molecule has 0 radical (unpaired) electrons. The summed E-state index contributed by atoms with van der Waals surface area (Å²) < 4.78 is 0. The van der Waals surface area contributed by atoms with Crippen molar-refractivity contribution in [3.63, 3.8) is 0 Å². The molecule has 0 saturated carbocycles. The summed E-state index contributed by atoms with van der Waals surface area (Å²) in [7, 11) is 0. The van der Waals surface area contributed by atoms with Crippen molar-refractivity contribution in [1.29, 1.82) is 0 Å². The standard InChI is InChI=1S/C18H20O/c1-2-3-5-13-18(19)17-12-8-11-16(14-17)15-9-6-4-7-10-15/h4,6-12,14H,2-3,5,13H2,1H3. The van der Waals surface area contributed by atoms with Gasteiger partial charge in [-0.1, -0.05) is 68.3 Å². The van der Waals surface area contributed by atoms with Crippen LogP contribution in [0.4, 0.5) is 0 Å². The van der Waals surface area contributed by atoms with E-state index >= 15 is 0 Å². The topological polar surface area (TPSA) is 17.1 Å². The van der Waals surface area contributed by atoms with Gasteiger partial charge in [-0.05, 0) is 23.6 Å². The summed E-state index contributed by atoms with van der Waals surface area (Å²) in [6.07, 6.45) is 3.93. The Labute approximate surface area is 115 Å². The molecule has 0 aliphatic heterocycles. The van der Waals surface area contributed by atoms with E-state index in [1.807, 2.05) is 36.4 Å². The zero-order valence-corrected chi connectivity index (χ0v) is 11.4. The maximum absolute atomic E-state index is 12.1. The normalized spacial score (nSPS) is 10.4. The molecule has 0 amide bonds. The van der Waals surface area contributed by atoms with Crippen LogP contribution in [-0.4, -0.2) is 5.78 Å². The second kappa shape index (κ2) is 6.89. The fourth-order valence-corrected chi connectivity index (χ4v) is 2.18. The molecule has 0 unspecified atom stereocenters. The summed E-state index contributed by atoms with van der Waals surface area (Å²) in [4.78, 5) is 12.1. The van der Waals surface area contributed by atoms with Gasteiger partial charge in [0.1, 0.15) is 0 Å². The fraction of sp³-hybridized carbons (Fsp3) is 0.278. The van der Waals surface area contributed by atoms with Crippen molar-refractivity contribution < 1.29 is 4.79 Å². The van der Waals surface area contributed by atoms with Gasteiger partial charge >= 0.3 is 0 Å². The summed E-state index contributed by atoms with van der Waals surface area (Å²) in [5.41, 5.74) is 3.10. The van der Waals surface area contributed by atoms with E-state index in [9.17, 15) is 4.79 Å². The van der Waals surface area contributed by atoms with E-state index in [4.69, 9.17) is 0 Å². The van der Waals surface area contributed by atoms with Crippen LogP contribution >= 0.6 is 0 Å². The van der Waals surface area contributed by atoms with Crippen molar-refractivity contribution in [2.45, 2.75) is 32.6 Å². The average Bonchev–Trinajstić information content (AvgIpc) is 2.48. The zero-order chi connectivity index (χ0) is 13.5. The van der Waals surface area contributed by atoms with Gasteiger partial charge in [0.15, 0.2) is 5.78 Å². The van der Waals surface area contributed by atoms with Crippen LogP contribution in [0.5, 0.6) is 0 Å². The van der Waals surface area contributed by atoms with Crippen LogP contribution in [-0.2, 0) is 0 Å². The Hall–Kier alpha value is -1.89. The molecular formula is C18H20O. The van der Waals surface area contributed by atoms with Gasteiger partial charge in [-0.15, -0.1) is 0 Å². The van der Waals surface area contributed by atoms with Gasteiger partial charge in [0.2, 0.25) is 0 Å². The lowest BCUT2D eigenvalue weighted by molar-refractivity contribution is 0.0979. The van der Waals surface area contributed by atoms with Crippen molar-refractivity contribution in [2.75, 3.05) is 0 Å². The first-order valence-electron chi connectivity index (χ1n) is 7.00. The number of benzene rings is 2. The van der Waals surface area contributed by atoms with Crippen LogP contribution < -0.4 is 0 Å². The van der Waals surface area contributed by atoms with Crippen LogP contribution in [0.2, 0.25) is 0 Å². The number of hydrogen-bond donors (Lipinski definition) is 0. The molecule has 0 spiro atoms. The summed E-state index contributed by atoms with van der Waals surface area (Å²) in [6.45, 7) is 2.15. The van der Waals surface area contributed by atoms with Crippen LogP contribution in [0.15, 0.2) is 54.6 Å². The van der Waals surface area contributed by atoms with E-state index in [1.165, 1.54) is 0 Å². The summed E-state index contributed by atoms with van der Waals surface area (Å²) in [5.74, 6) is 0.256. The van der Waals surface area contributed by atoms with Crippen molar-refractivity contribution >= 4 is 5.78 Å². The third kappa shape index (κ3) is 3.78. The SMILES string of the molecule is CCCCCC(=O)c1cccc(-c2ccccc2)c1. The molecular weight excluding hydrogens is 232 g/mol. The van der Waals surface area contributed by atoms with Crippen LogP contribution in [0.1, 0.15) is 43.0 Å². The van der Waals surface area contributed by atoms with E-state index in [-0.39, 0.29) is 5.78 Å². The first-order chi connectivity index (χ1) is 9.31. The molecule has 0 atom stereocenters. The van der Waals surface area contributed by atoms with Gasteiger partial charge in [0.05, 0.1) is 0 Å². The third-order valence-corrected chi connectivity index (χ3v) is 3.30. The Kier molecular flexibility index (Phi) is 4.91. The van der Waals surface area contributed by atoms with Crippen LogP contribution in [0.3, 0.4) is 0 Å². The van der Waals surface area contributed by atoms with E-state index in [1.54, 1.807) is 0 Å². The number of carbonyl (C=O) groups is 1. The molecule has 0 aromatic heterocycles. The molecule has 98 valence electrons. The van der Waals surface area contributed by atoms with Gasteiger partial charge in [-0.3, -0.25) is 4.79 Å². The lowest BCUT2D eigenvalue weighted by atomic mass is 9.99. The number of Topliss-reactive ketones (excluding diaryl/α,β-unsaturated/α-hetero) is 1. The van der Waals surface area contributed by atoms with Gasteiger partial charge in [0, 0.05) is 12.0 Å². The lowest BCUT2D eigenvalue weighted by Crippen LogP contribution is -1.98. The van der Waals surface area contributed by atoms with Gasteiger partial charge in [0.25, 0.3) is 0 Å². The highest BCUT2D eigenvalue weighted by molar-refractivity contribution is 5.97. The fourth-order valence-electron chi connectivity index (χ4n) is 2.18. The summed E-state index contributed by atoms with van der Waals surface area (Å²) in [6, 6.07) is 18.1. The molecule has 0 bridgehead atoms. The number of ketones is 1. The van der Waals surface area contributed by atoms with Crippen molar-refractivity contribution in [3.8, 4) is 11.1 Å². The molecule has 0 aliphatic carbocycles. The van der Waals surface area contributed by atoms with E-state index < -0.39 is 0 Å².